The molecule has 2 aliphatic heterocycles. The van der Waals surface area contributed by atoms with Crippen molar-refractivity contribution in [3.8, 4) is 11.5 Å². The highest BCUT2D eigenvalue weighted by molar-refractivity contribution is 7.89. The number of hydrogen-bond acceptors (Lipinski definition) is 8. The zero-order valence-electron chi connectivity index (χ0n) is 20.6. The Morgan fingerprint density at radius 1 is 0.923 bits per heavy atom. The van der Waals surface area contributed by atoms with Crippen LogP contribution >= 0.6 is 11.6 Å². The van der Waals surface area contributed by atoms with Gasteiger partial charge in [-0.05, 0) is 72.8 Å². The molecule has 0 radical (unpaired) electrons. The number of quaternary nitrogens is 1. The molecule has 0 aromatic heterocycles. The maximum atomic E-state index is 14.4. The van der Waals surface area contributed by atoms with Crippen LogP contribution in [-0.4, -0.2) is 57.2 Å². The van der Waals surface area contributed by atoms with Gasteiger partial charge in [0.25, 0.3) is 11.8 Å². The first-order valence-electron chi connectivity index (χ1n) is 12.1. The number of carbonyl (C=O) groups excluding carboxylic acids is 2. The molecule has 4 N–H and O–H groups in total. The lowest BCUT2D eigenvalue weighted by Gasteiger charge is -2.56. The number of piperazine rings is 1. The van der Waals surface area contributed by atoms with E-state index >= 15 is 0 Å². The number of hydroxylamine groups is 3. The lowest BCUT2D eigenvalue weighted by molar-refractivity contribution is -0.918. The molecule has 13 heteroatoms. The summed E-state index contributed by atoms with van der Waals surface area (Å²) in [6.45, 7) is 0.690. The van der Waals surface area contributed by atoms with Crippen molar-refractivity contribution in [1.29, 1.82) is 0 Å². The van der Waals surface area contributed by atoms with Gasteiger partial charge in [-0.1, -0.05) is 11.6 Å². The first-order valence-corrected chi connectivity index (χ1v) is 14.0. The molecule has 2 atom stereocenters. The van der Waals surface area contributed by atoms with Crippen LogP contribution in [0.5, 0.6) is 11.5 Å². The van der Waals surface area contributed by atoms with E-state index in [1.165, 1.54) is 24.3 Å². The standard InChI is InChI=1S/C26H26ClN5O6S/c27-18-3-9-22(10-4-18)38-21-7-1-17(2-8-21)25-26(34)31(19-5-11-23(12-6-19)39(28,36)37)24(33)15-32(25,35)20-13-29-16-30-14-20/h1-12,20,25,29-30H,13-16H2,(H2,28,36,37). The van der Waals surface area contributed by atoms with Crippen LogP contribution in [0.25, 0.3) is 0 Å². The summed E-state index contributed by atoms with van der Waals surface area (Å²) in [5.74, 6) is -0.334. The molecule has 0 saturated carbocycles. The van der Waals surface area contributed by atoms with E-state index < -0.39 is 45.1 Å². The second-order valence-electron chi connectivity index (χ2n) is 9.38. The molecular weight excluding hydrogens is 546 g/mol. The largest absolute Gasteiger partial charge is 0.631 e. The van der Waals surface area contributed by atoms with E-state index in [-0.39, 0.29) is 10.6 Å². The second-order valence-corrected chi connectivity index (χ2v) is 11.4. The maximum absolute atomic E-state index is 14.4. The number of nitrogens with one attached hydrogen (secondary N) is 2. The second kappa shape index (κ2) is 10.7. The van der Waals surface area contributed by atoms with Gasteiger partial charge in [0, 0.05) is 17.3 Å². The van der Waals surface area contributed by atoms with Crippen molar-refractivity contribution in [2.24, 2.45) is 5.14 Å². The Hall–Kier alpha value is -3.36. The third kappa shape index (κ3) is 5.54. The smallest absolute Gasteiger partial charge is 0.297 e. The minimum Gasteiger partial charge on any atom is -0.631 e. The lowest BCUT2D eigenvalue weighted by atomic mass is 9.96. The van der Waals surface area contributed by atoms with Gasteiger partial charge in [0.1, 0.15) is 17.5 Å². The van der Waals surface area contributed by atoms with Crippen LogP contribution in [0.15, 0.2) is 77.7 Å². The topological polar surface area (TPSA) is 154 Å². The Morgan fingerprint density at radius 3 is 2.05 bits per heavy atom. The Balaban J connectivity index is 1.50. The molecule has 2 unspecified atom stereocenters. The zero-order valence-corrected chi connectivity index (χ0v) is 22.2. The fraction of sp³-hybridized carbons (Fsp3) is 0.231. The van der Waals surface area contributed by atoms with Crippen molar-refractivity contribution in [3.05, 3.63) is 88.6 Å². The number of anilines is 1. The monoisotopic (exact) mass is 571 g/mol. The number of rotatable bonds is 6. The Bertz CT molecular complexity index is 1480. The average molecular weight is 572 g/mol. The number of benzene rings is 3. The highest BCUT2D eigenvalue weighted by atomic mass is 35.5. The molecule has 39 heavy (non-hydrogen) atoms. The molecule has 3 aromatic carbocycles. The Kier molecular flexibility index (Phi) is 7.44. The first kappa shape index (κ1) is 27.2. The molecule has 2 fully saturated rings. The number of halogens is 1. The van der Waals surface area contributed by atoms with Crippen molar-refractivity contribution in [2.45, 2.75) is 17.0 Å². The van der Waals surface area contributed by atoms with Gasteiger partial charge in [0.15, 0.2) is 12.6 Å². The van der Waals surface area contributed by atoms with Crippen LogP contribution in [0, 0.1) is 5.21 Å². The highest BCUT2D eigenvalue weighted by Gasteiger charge is 2.52. The van der Waals surface area contributed by atoms with E-state index in [2.05, 4.69) is 10.6 Å². The van der Waals surface area contributed by atoms with Crippen LogP contribution in [0.2, 0.25) is 5.02 Å². The zero-order chi connectivity index (χ0) is 27.8. The summed E-state index contributed by atoms with van der Waals surface area (Å²) < 4.78 is 28.1. The minimum absolute atomic E-state index is 0.149. The summed E-state index contributed by atoms with van der Waals surface area (Å²) in [5.41, 5.74) is 0.568. The van der Waals surface area contributed by atoms with E-state index in [1.807, 2.05) is 0 Å². The number of carbonyl (C=O) groups is 2. The normalized spacial score (nSPS) is 22.6. The number of sulfonamides is 1. The van der Waals surface area contributed by atoms with Crippen LogP contribution in [0.1, 0.15) is 11.6 Å². The molecule has 11 nitrogen and oxygen atoms in total. The lowest BCUT2D eigenvalue weighted by Crippen LogP contribution is -2.71. The minimum atomic E-state index is -3.97. The number of nitrogens with zero attached hydrogens (tertiary/aromatic N) is 2. The molecule has 0 aliphatic carbocycles. The molecule has 2 amide bonds. The fourth-order valence-corrected chi connectivity index (χ4v) is 5.54. The highest BCUT2D eigenvalue weighted by Crippen LogP contribution is 2.39. The number of amides is 2. The van der Waals surface area contributed by atoms with Crippen LogP contribution < -0.4 is 25.4 Å². The van der Waals surface area contributed by atoms with Gasteiger partial charge in [-0.25, -0.2) is 18.5 Å². The number of primary sulfonamides is 1. The summed E-state index contributed by atoms with van der Waals surface area (Å²) >= 11 is 5.93. The molecular formula is C26H26ClN5O6S. The summed E-state index contributed by atoms with van der Waals surface area (Å²) in [6.07, 6.45) is 0. The molecule has 2 heterocycles. The number of nitrogens with two attached hydrogens (primary N) is 1. The SMILES string of the molecule is NS(=O)(=O)c1ccc(N2C(=O)C[N+]([O-])(C3CNCNC3)C(c3ccc(Oc4ccc(Cl)cc4)cc3)C2=O)cc1. The van der Waals surface area contributed by atoms with Gasteiger partial charge in [-0.3, -0.25) is 20.2 Å². The number of ether oxygens (including phenoxy) is 1. The summed E-state index contributed by atoms with van der Waals surface area (Å²) in [4.78, 5) is 28.0. The third-order valence-electron chi connectivity index (χ3n) is 6.82. The predicted molar refractivity (Wildman–Crippen MR) is 144 cm³/mol. The van der Waals surface area contributed by atoms with E-state index in [9.17, 15) is 23.2 Å². The molecule has 2 aliphatic rings. The van der Waals surface area contributed by atoms with Gasteiger partial charge >= 0.3 is 0 Å². The Labute approximate surface area is 230 Å². The maximum Gasteiger partial charge on any atom is 0.297 e. The molecule has 0 bridgehead atoms. The molecule has 3 aromatic rings. The molecule has 2 saturated heterocycles. The van der Waals surface area contributed by atoms with Crippen molar-refractivity contribution < 1.29 is 27.4 Å². The van der Waals surface area contributed by atoms with Gasteiger partial charge in [0.2, 0.25) is 10.0 Å². The summed E-state index contributed by atoms with van der Waals surface area (Å²) in [5, 5.41) is 26.4. The van der Waals surface area contributed by atoms with Crippen molar-refractivity contribution in [1.82, 2.24) is 10.6 Å². The number of imide groups is 1. The van der Waals surface area contributed by atoms with Gasteiger partial charge in [0.05, 0.1) is 23.7 Å². The van der Waals surface area contributed by atoms with E-state index in [1.54, 1.807) is 48.5 Å². The number of hydrogen-bond donors (Lipinski definition) is 3. The predicted octanol–water partition coefficient (Wildman–Crippen LogP) is 2.23. The quantitative estimate of drug-likeness (QED) is 0.231. The van der Waals surface area contributed by atoms with Crippen molar-refractivity contribution in [3.63, 3.8) is 0 Å². The average Bonchev–Trinajstić information content (AvgIpc) is 2.91. The fourth-order valence-electron chi connectivity index (χ4n) is 4.90. The van der Waals surface area contributed by atoms with Crippen LogP contribution in [-0.2, 0) is 19.6 Å². The van der Waals surface area contributed by atoms with Gasteiger partial charge < -0.3 is 14.6 Å². The summed E-state index contributed by atoms with van der Waals surface area (Å²) in [6, 6.07) is 16.6. The van der Waals surface area contributed by atoms with Gasteiger partial charge in [-0.2, -0.15) is 0 Å². The molecule has 0 spiro atoms. The third-order valence-corrected chi connectivity index (χ3v) is 8.00. The molecule has 5 rings (SSSR count). The van der Waals surface area contributed by atoms with E-state index in [0.717, 1.165) is 4.90 Å². The molecule has 204 valence electrons. The van der Waals surface area contributed by atoms with Gasteiger partial charge in [-0.15, -0.1) is 0 Å². The van der Waals surface area contributed by atoms with Crippen molar-refractivity contribution >= 4 is 39.1 Å². The van der Waals surface area contributed by atoms with Crippen LogP contribution in [0.4, 0.5) is 5.69 Å². The first-order chi connectivity index (χ1) is 18.6. The Morgan fingerprint density at radius 2 is 1.49 bits per heavy atom. The van der Waals surface area contributed by atoms with E-state index in [0.29, 0.717) is 41.8 Å². The van der Waals surface area contributed by atoms with E-state index in [4.69, 9.17) is 21.5 Å². The van der Waals surface area contributed by atoms with Crippen molar-refractivity contribution in [2.75, 3.05) is 31.2 Å². The van der Waals surface area contributed by atoms with Crippen LogP contribution in [0.3, 0.4) is 0 Å². The summed E-state index contributed by atoms with van der Waals surface area (Å²) in [7, 11) is -3.97.